The molecule has 1 aliphatic carbocycles. The van der Waals surface area contributed by atoms with Crippen LogP contribution < -0.4 is 0 Å². The quantitative estimate of drug-likeness (QED) is 0.915. The van der Waals surface area contributed by atoms with Gasteiger partial charge >= 0.3 is 5.97 Å². The lowest BCUT2D eigenvalue weighted by atomic mass is 9.94. The number of fused-ring (bicyclic) bond motifs is 1. The second-order valence-electron chi connectivity index (χ2n) is 6.05. The van der Waals surface area contributed by atoms with Gasteiger partial charge in [0.25, 0.3) is 5.91 Å². The third kappa shape index (κ3) is 2.52. The van der Waals surface area contributed by atoms with Crippen molar-refractivity contribution in [2.75, 3.05) is 13.7 Å². The number of aryl methyl sites for hydroxylation is 1. The standard InChI is InChI=1S/C15H20N2O4S/c1-8-13(22-11(16-8)7-21-2)14(18)17-6-9-4-3-5-10(9)12(17)15(19)20/h9-10,12H,3-7H2,1-2H3,(H,19,20). The number of ether oxygens (including phenoxy) is 1. The summed E-state index contributed by atoms with van der Waals surface area (Å²) in [6.07, 6.45) is 3.00. The monoisotopic (exact) mass is 324 g/mol. The molecule has 6 nitrogen and oxygen atoms in total. The fourth-order valence-electron chi connectivity index (χ4n) is 3.80. The molecule has 3 atom stereocenters. The first-order valence-corrected chi connectivity index (χ1v) is 8.33. The number of carbonyl (C=O) groups excluding carboxylic acids is 1. The number of carbonyl (C=O) groups is 2. The lowest BCUT2D eigenvalue weighted by molar-refractivity contribution is -0.142. The third-order valence-corrected chi connectivity index (χ3v) is 5.83. The van der Waals surface area contributed by atoms with E-state index in [9.17, 15) is 14.7 Å². The van der Waals surface area contributed by atoms with Crippen LogP contribution in [0.1, 0.15) is 39.6 Å². The van der Waals surface area contributed by atoms with Crippen LogP contribution in [-0.4, -0.2) is 46.6 Å². The van der Waals surface area contributed by atoms with Gasteiger partial charge in [0.05, 0.1) is 12.3 Å². The zero-order valence-electron chi connectivity index (χ0n) is 12.7. The minimum Gasteiger partial charge on any atom is -0.480 e. The molecule has 0 radical (unpaired) electrons. The van der Waals surface area contributed by atoms with Crippen molar-refractivity contribution >= 4 is 23.2 Å². The van der Waals surface area contributed by atoms with E-state index in [-0.39, 0.29) is 11.8 Å². The van der Waals surface area contributed by atoms with Crippen LogP contribution in [-0.2, 0) is 16.1 Å². The number of thiazole rings is 1. The molecule has 1 aliphatic heterocycles. The van der Waals surface area contributed by atoms with E-state index in [1.807, 2.05) is 0 Å². The Morgan fingerprint density at radius 2 is 2.23 bits per heavy atom. The van der Waals surface area contributed by atoms with Crippen LogP contribution in [0.25, 0.3) is 0 Å². The lowest BCUT2D eigenvalue weighted by Crippen LogP contribution is -2.43. The number of hydrogen-bond donors (Lipinski definition) is 1. The minimum atomic E-state index is -0.887. The van der Waals surface area contributed by atoms with Crippen molar-refractivity contribution in [3.8, 4) is 0 Å². The number of hydrogen-bond acceptors (Lipinski definition) is 5. The molecule has 1 saturated carbocycles. The average molecular weight is 324 g/mol. The van der Waals surface area contributed by atoms with Crippen molar-refractivity contribution in [1.82, 2.24) is 9.88 Å². The van der Waals surface area contributed by atoms with E-state index in [0.717, 1.165) is 24.3 Å². The maximum Gasteiger partial charge on any atom is 0.326 e. The molecule has 2 fully saturated rings. The fraction of sp³-hybridized carbons (Fsp3) is 0.667. The van der Waals surface area contributed by atoms with Crippen molar-refractivity contribution in [1.29, 1.82) is 0 Å². The van der Waals surface area contributed by atoms with Gasteiger partial charge in [0.1, 0.15) is 15.9 Å². The van der Waals surface area contributed by atoms with Crippen LogP contribution in [0.4, 0.5) is 0 Å². The second kappa shape index (κ2) is 5.96. The summed E-state index contributed by atoms with van der Waals surface area (Å²) in [6.45, 7) is 2.71. The SMILES string of the molecule is COCc1nc(C)c(C(=O)N2CC3CCCC3C2C(=O)O)s1. The van der Waals surface area contributed by atoms with Gasteiger partial charge in [-0.3, -0.25) is 4.79 Å². The maximum atomic E-state index is 12.8. The Morgan fingerprint density at radius 1 is 1.45 bits per heavy atom. The summed E-state index contributed by atoms with van der Waals surface area (Å²) in [7, 11) is 1.58. The van der Waals surface area contributed by atoms with Crippen molar-refractivity contribution in [3.63, 3.8) is 0 Å². The molecule has 1 aromatic heterocycles. The molecule has 0 spiro atoms. The molecule has 3 unspecified atom stereocenters. The van der Waals surface area contributed by atoms with Gasteiger partial charge in [0.2, 0.25) is 0 Å². The van der Waals surface area contributed by atoms with E-state index in [1.54, 1.807) is 18.9 Å². The van der Waals surface area contributed by atoms with Crippen LogP contribution in [0.3, 0.4) is 0 Å². The van der Waals surface area contributed by atoms with Gasteiger partial charge in [-0.05, 0) is 31.6 Å². The highest BCUT2D eigenvalue weighted by Crippen LogP contribution is 2.43. The van der Waals surface area contributed by atoms with E-state index in [0.29, 0.717) is 29.6 Å². The number of carboxylic acid groups (broad SMARTS) is 1. The Morgan fingerprint density at radius 3 is 2.91 bits per heavy atom. The second-order valence-corrected chi connectivity index (χ2v) is 7.13. The normalized spacial score (nSPS) is 27.2. The van der Waals surface area contributed by atoms with Crippen molar-refractivity contribution in [3.05, 3.63) is 15.6 Å². The first-order valence-electron chi connectivity index (χ1n) is 7.52. The molecule has 22 heavy (non-hydrogen) atoms. The molecule has 1 aromatic rings. The van der Waals surface area contributed by atoms with E-state index in [2.05, 4.69) is 4.98 Å². The highest BCUT2D eigenvalue weighted by atomic mass is 32.1. The summed E-state index contributed by atoms with van der Waals surface area (Å²) in [6, 6.07) is -0.688. The van der Waals surface area contributed by atoms with Crippen LogP contribution in [0.2, 0.25) is 0 Å². The first-order chi connectivity index (χ1) is 10.5. The minimum absolute atomic E-state index is 0.105. The van der Waals surface area contributed by atoms with Crippen LogP contribution in [0.15, 0.2) is 0 Å². The van der Waals surface area contributed by atoms with Crippen molar-refractivity contribution in [2.45, 2.75) is 38.8 Å². The van der Waals surface area contributed by atoms with E-state index < -0.39 is 12.0 Å². The Balaban J connectivity index is 1.86. The number of rotatable bonds is 4. The molecule has 1 saturated heterocycles. The maximum absolute atomic E-state index is 12.8. The Labute approximate surface area is 133 Å². The summed E-state index contributed by atoms with van der Waals surface area (Å²) in [4.78, 5) is 30.9. The zero-order chi connectivity index (χ0) is 15.9. The van der Waals surface area contributed by atoms with Crippen LogP contribution in [0, 0.1) is 18.8 Å². The predicted molar refractivity (Wildman–Crippen MR) is 80.9 cm³/mol. The van der Waals surface area contributed by atoms with Gasteiger partial charge in [-0.1, -0.05) is 6.42 Å². The Kier molecular flexibility index (Phi) is 4.18. The molecule has 0 aromatic carbocycles. The van der Waals surface area contributed by atoms with Gasteiger partial charge in [-0.25, -0.2) is 9.78 Å². The van der Waals surface area contributed by atoms with Crippen LogP contribution >= 0.6 is 11.3 Å². The molecule has 120 valence electrons. The van der Waals surface area contributed by atoms with Crippen molar-refractivity contribution < 1.29 is 19.4 Å². The zero-order valence-corrected chi connectivity index (χ0v) is 13.6. The summed E-state index contributed by atoms with van der Waals surface area (Å²) in [5.41, 5.74) is 0.656. The van der Waals surface area contributed by atoms with Gasteiger partial charge in [0, 0.05) is 13.7 Å². The number of methoxy groups -OCH3 is 1. The van der Waals surface area contributed by atoms with Crippen LogP contribution in [0.5, 0.6) is 0 Å². The molecule has 7 heteroatoms. The molecular formula is C15H20N2O4S. The summed E-state index contributed by atoms with van der Waals surface area (Å²) in [5.74, 6) is -0.647. The number of aliphatic carboxylic acids is 1. The van der Waals surface area contributed by atoms with Gasteiger partial charge in [0.15, 0.2) is 0 Å². The molecule has 1 amide bonds. The summed E-state index contributed by atoms with van der Waals surface area (Å²) >= 11 is 1.30. The predicted octanol–water partition coefficient (Wildman–Crippen LogP) is 1.92. The largest absolute Gasteiger partial charge is 0.480 e. The Bertz CT molecular complexity index is 600. The smallest absolute Gasteiger partial charge is 0.326 e. The summed E-state index contributed by atoms with van der Waals surface area (Å²) in [5, 5.41) is 10.3. The van der Waals surface area contributed by atoms with E-state index >= 15 is 0 Å². The molecule has 1 N–H and O–H groups in total. The van der Waals surface area contributed by atoms with Gasteiger partial charge in [-0.15, -0.1) is 11.3 Å². The molecular weight excluding hydrogens is 304 g/mol. The number of aromatic nitrogens is 1. The summed E-state index contributed by atoms with van der Waals surface area (Å²) < 4.78 is 5.05. The number of likely N-dealkylation sites (tertiary alicyclic amines) is 1. The van der Waals surface area contributed by atoms with Gasteiger partial charge in [-0.2, -0.15) is 0 Å². The van der Waals surface area contributed by atoms with E-state index in [4.69, 9.17) is 4.74 Å². The van der Waals surface area contributed by atoms with Gasteiger partial charge < -0.3 is 14.7 Å². The highest BCUT2D eigenvalue weighted by Gasteiger charge is 2.50. The lowest BCUT2D eigenvalue weighted by Gasteiger charge is -2.24. The number of nitrogens with zero attached hydrogens (tertiary/aromatic N) is 2. The topological polar surface area (TPSA) is 79.7 Å². The first kappa shape index (κ1) is 15.4. The fourth-order valence-corrected chi connectivity index (χ4v) is 4.79. The average Bonchev–Trinajstić information content (AvgIpc) is 3.11. The van der Waals surface area contributed by atoms with Crippen molar-refractivity contribution in [2.24, 2.45) is 11.8 Å². The highest BCUT2D eigenvalue weighted by molar-refractivity contribution is 7.13. The van der Waals surface area contributed by atoms with E-state index in [1.165, 1.54) is 11.3 Å². The number of carboxylic acids is 1. The molecule has 0 bridgehead atoms. The number of amides is 1. The molecule has 2 heterocycles. The Hall–Kier alpha value is -1.47. The third-order valence-electron chi connectivity index (χ3n) is 4.71. The molecule has 2 aliphatic rings. The molecule has 3 rings (SSSR count).